The normalized spacial score (nSPS) is 14.2. The Morgan fingerprint density at radius 1 is 1.23 bits per heavy atom. The van der Waals surface area contributed by atoms with Gasteiger partial charge in [-0.2, -0.15) is 23.4 Å². The summed E-state index contributed by atoms with van der Waals surface area (Å²) in [6, 6.07) is 8.21. The van der Waals surface area contributed by atoms with Crippen LogP contribution in [0.3, 0.4) is 0 Å². The lowest BCUT2D eigenvalue weighted by molar-refractivity contribution is -0.126. The molecule has 234 valence electrons. The van der Waals surface area contributed by atoms with Crippen molar-refractivity contribution in [2.24, 2.45) is 5.73 Å². The van der Waals surface area contributed by atoms with Crippen LogP contribution in [-0.4, -0.2) is 53.6 Å². The second-order valence-corrected chi connectivity index (χ2v) is 11.5. The lowest BCUT2D eigenvalue weighted by Crippen LogP contribution is -2.39. The third-order valence-electron chi connectivity index (χ3n) is 6.75. The van der Waals surface area contributed by atoms with Gasteiger partial charge in [-0.3, -0.25) is 9.69 Å². The van der Waals surface area contributed by atoms with Crippen LogP contribution in [0.2, 0.25) is 0 Å². The zero-order valence-corrected chi connectivity index (χ0v) is 26.5. The van der Waals surface area contributed by atoms with Gasteiger partial charge in [-0.1, -0.05) is 32.4 Å². The molecule has 3 heterocycles. The van der Waals surface area contributed by atoms with Crippen molar-refractivity contribution in [2.75, 3.05) is 30.8 Å². The van der Waals surface area contributed by atoms with Gasteiger partial charge in [0, 0.05) is 43.2 Å². The standard InChI is InChI=1S/C27H31F3N6S.C3H8.CH3NO/c1-16(14-31)11-22-17(2)5-6-19(18(22)3)15-36-9-7-20(8-10-36)33-24-23-12-21(13-27(28,29)30)37-25(23)35-26(32-4)34-24;1-3-2;2-1-3/h5-6,11-12,20H,7-10,13,15H2,1-4H3,(H2,32,33,34,35);3H2,1-2H3;1H,(H2,2,3)/b16-11+;;. The van der Waals surface area contributed by atoms with Crippen LogP contribution in [0.5, 0.6) is 0 Å². The van der Waals surface area contributed by atoms with E-state index in [4.69, 9.17) is 4.79 Å². The molecule has 43 heavy (non-hydrogen) atoms. The summed E-state index contributed by atoms with van der Waals surface area (Å²) >= 11 is 1.06. The molecule has 3 aromatic rings. The van der Waals surface area contributed by atoms with Crippen LogP contribution in [0, 0.1) is 25.2 Å². The number of carbonyl (C=O) groups excluding carboxylic acids is 1. The van der Waals surface area contributed by atoms with E-state index in [1.165, 1.54) is 17.5 Å². The number of likely N-dealkylation sites (tertiary alicyclic amines) is 1. The minimum absolute atomic E-state index is 0.168. The third kappa shape index (κ3) is 10.8. The maximum absolute atomic E-state index is 12.9. The van der Waals surface area contributed by atoms with E-state index in [2.05, 4.69) is 77.1 Å². The molecule has 0 aliphatic carbocycles. The van der Waals surface area contributed by atoms with Gasteiger partial charge in [-0.25, -0.2) is 4.98 Å². The summed E-state index contributed by atoms with van der Waals surface area (Å²) in [5, 5.41) is 16.2. The fourth-order valence-corrected chi connectivity index (χ4v) is 5.76. The number of amides is 1. The predicted octanol–water partition coefficient (Wildman–Crippen LogP) is 6.98. The molecular weight excluding hydrogens is 575 g/mol. The summed E-state index contributed by atoms with van der Waals surface area (Å²) in [7, 11) is 1.70. The Morgan fingerprint density at radius 3 is 2.42 bits per heavy atom. The molecule has 1 aliphatic heterocycles. The number of thiophene rings is 1. The number of primary amides is 1. The zero-order chi connectivity index (χ0) is 32.2. The highest BCUT2D eigenvalue weighted by atomic mass is 32.1. The molecule has 12 heteroatoms. The van der Waals surface area contributed by atoms with E-state index < -0.39 is 12.6 Å². The second-order valence-electron chi connectivity index (χ2n) is 10.4. The number of aromatic nitrogens is 2. The Bertz CT molecular complexity index is 1420. The summed E-state index contributed by atoms with van der Waals surface area (Å²) in [5.74, 6) is 0.968. The van der Waals surface area contributed by atoms with Gasteiger partial charge >= 0.3 is 6.18 Å². The smallest absolute Gasteiger partial charge is 0.372 e. The van der Waals surface area contributed by atoms with Crippen molar-refractivity contribution in [3.63, 3.8) is 0 Å². The number of anilines is 2. The number of aryl methyl sites for hydroxylation is 1. The number of nitriles is 1. The van der Waals surface area contributed by atoms with Crippen LogP contribution < -0.4 is 16.4 Å². The summed E-state index contributed by atoms with van der Waals surface area (Å²) in [6.07, 6.45) is 0.0156. The summed E-state index contributed by atoms with van der Waals surface area (Å²) in [5.41, 5.74) is 9.57. The van der Waals surface area contributed by atoms with E-state index in [1.807, 2.05) is 13.0 Å². The maximum atomic E-state index is 12.9. The van der Waals surface area contributed by atoms with Crippen molar-refractivity contribution in [1.82, 2.24) is 14.9 Å². The molecule has 0 radical (unpaired) electrons. The van der Waals surface area contributed by atoms with E-state index in [9.17, 15) is 18.4 Å². The molecule has 0 spiro atoms. The number of benzene rings is 1. The van der Waals surface area contributed by atoms with Crippen LogP contribution in [-0.2, 0) is 17.8 Å². The topological polar surface area (TPSA) is 120 Å². The molecule has 8 nitrogen and oxygen atoms in total. The molecule has 4 rings (SSSR count). The maximum Gasteiger partial charge on any atom is 0.393 e. The molecule has 0 bridgehead atoms. The van der Waals surface area contributed by atoms with E-state index in [0.29, 0.717) is 27.6 Å². The van der Waals surface area contributed by atoms with Gasteiger partial charge in [0.25, 0.3) is 0 Å². The van der Waals surface area contributed by atoms with E-state index in [-0.39, 0.29) is 17.3 Å². The molecule has 0 unspecified atom stereocenters. The number of carbonyl (C=O) groups is 1. The number of allylic oxidation sites excluding steroid dienone is 1. The number of piperidine rings is 1. The molecule has 0 saturated carbocycles. The number of fused-ring (bicyclic) bond motifs is 1. The third-order valence-corrected chi connectivity index (χ3v) is 7.78. The van der Waals surface area contributed by atoms with Gasteiger partial charge in [-0.05, 0) is 68.0 Å². The van der Waals surface area contributed by atoms with Gasteiger partial charge < -0.3 is 16.4 Å². The Balaban J connectivity index is 0.000000992. The highest BCUT2D eigenvalue weighted by Gasteiger charge is 2.29. The van der Waals surface area contributed by atoms with Gasteiger partial charge in [-0.15, -0.1) is 11.3 Å². The second kappa shape index (κ2) is 16.8. The van der Waals surface area contributed by atoms with Crippen molar-refractivity contribution < 1.29 is 18.0 Å². The van der Waals surface area contributed by atoms with E-state index in [1.54, 1.807) is 13.1 Å². The molecule has 1 amide bonds. The quantitative estimate of drug-likeness (QED) is 0.193. The lowest BCUT2D eigenvalue weighted by Gasteiger charge is -2.33. The Morgan fingerprint density at radius 2 is 1.86 bits per heavy atom. The summed E-state index contributed by atoms with van der Waals surface area (Å²) in [6.45, 7) is 12.9. The van der Waals surface area contributed by atoms with Gasteiger partial charge in [0.05, 0.1) is 17.9 Å². The number of alkyl halides is 3. The van der Waals surface area contributed by atoms with Crippen LogP contribution in [0.15, 0.2) is 23.8 Å². The van der Waals surface area contributed by atoms with Crippen LogP contribution in [0.1, 0.15) is 67.2 Å². The van der Waals surface area contributed by atoms with Crippen molar-refractivity contribution in [2.45, 2.75) is 79.1 Å². The first-order chi connectivity index (χ1) is 20.4. The molecule has 0 atom stereocenters. The molecule has 1 saturated heterocycles. The number of rotatable bonds is 7. The molecule has 4 N–H and O–H groups in total. The number of hydrogen-bond acceptors (Lipinski definition) is 8. The highest BCUT2D eigenvalue weighted by molar-refractivity contribution is 7.18. The summed E-state index contributed by atoms with van der Waals surface area (Å²) < 4.78 is 38.8. The Labute approximate surface area is 256 Å². The van der Waals surface area contributed by atoms with Crippen molar-refractivity contribution in [1.29, 1.82) is 5.26 Å². The number of nitrogens with one attached hydrogen (secondary N) is 2. The van der Waals surface area contributed by atoms with Crippen molar-refractivity contribution in [3.05, 3.63) is 50.9 Å². The minimum atomic E-state index is -4.26. The highest BCUT2D eigenvalue weighted by Crippen LogP contribution is 2.34. The molecule has 1 aliphatic rings. The van der Waals surface area contributed by atoms with Crippen LogP contribution >= 0.6 is 11.3 Å². The number of nitrogens with zero attached hydrogens (tertiary/aromatic N) is 4. The average Bonchev–Trinajstić information content (AvgIpc) is 3.35. The largest absolute Gasteiger partial charge is 0.393 e. The Hall–Kier alpha value is -3.69. The first-order valence-corrected chi connectivity index (χ1v) is 15.1. The molecule has 1 aromatic carbocycles. The summed E-state index contributed by atoms with van der Waals surface area (Å²) in [4.78, 5) is 20.7. The van der Waals surface area contributed by atoms with Crippen LogP contribution in [0.4, 0.5) is 24.9 Å². The van der Waals surface area contributed by atoms with Crippen molar-refractivity contribution >= 4 is 45.8 Å². The monoisotopic (exact) mass is 617 g/mol. The minimum Gasteiger partial charge on any atom is -0.372 e. The van der Waals surface area contributed by atoms with Gasteiger partial charge in [0.2, 0.25) is 12.4 Å². The van der Waals surface area contributed by atoms with E-state index >= 15 is 0 Å². The number of nitrogens with two attached hydrogens (primary N) is 1. The zero-order valence-electron chi connectivity index (χ0n) is 25.7. The lowest BCUT2D eigenvalue weighted by atomic mass is 9.95. The molecule has 2 aromatic heterocycles. The van der Waals surface area contributed by atoms with Gasteiger partial charge in [0.15, 0.2) is 0 Å². The number of halogens is 3. The van der Waals surface area contributed by atoms with Crippen molar-refractivity contribution in [3.8, 4) is 6.07 Å². The number of hydrogen-bond donors (Lipinski definition) is 3. The van der Waals surface area contributed by atoms with Gasteiger partial charge in [0.1, 0.15) is 10.6 Å². The first-order valence-electron chi connectivity index (χ1n) is 14.3. The Kier molecular flexibility index (Phi) is 13.9. The fraction of sp³-hybridized carbons (Fsp3) is 0.484. The molecule has 1 fully saturated rings. The molecular formula is C31H42F3N7OS. The SMILES string of the molecule is CCC.CNc1nc(NC2CCN(Cc3ccc(C)c(/C=C(\C)C#N)c3C)CC2)c2cc(CC(F)(F)F)sc2n1.NC=O. The fourth-order valence-electron chi connectivity index (χ4n) is 4.70. The predicted molar refractivity (Wildman–Crippen MR) is 170 cm³/mol. The van der Waals surface area contributed by atoms with E-state index in [0.717, 1.165) is 54.9 Å². The van der Waals surface area contributed by atoms with Crippen LogP contribution in [0.25, 0.3) is 16.3 Å². The average molecular weight is 618 g/mol. The first kappa shape index (κ1) is 35.5.